The SMILES string of the molecule is CC(C)C1(CN(C)Cc2ccco2)CCNC1. The van der Waals surface area contributed by atoms with Gasteiger partial charge < -0.3 is 9.73 Å². The average molecular weight is 236 g/mol. The summed E-state index contributed by atoms with van der Waals surface area (Å²) in [7, 11) is 2.19. The molecular weight excluding hydrogens is 212 g/mol. The van der Waals surface area contributed by atoms with Crippen molar-refractivity contribution in [1.29, 1.82) is 0 Å². The Bertz CT molecular complexity index is 326. The molecular formula is C14H24N2O. The van der Waals surface area contributed by atoms with E-state index >= 15 is 0 Å². The second-order valence-corrected chi connectivity index (χ2v) is 5.70. The third-order valence-electron chi connectivity index (χ3n) is 4.09. The van der Waals surface area contributed by atoms with Gasteiger partial charge in [-0.25, -0.2) is 0 Å². The van der Waals surface area contributed by atoms with Crippen molar-refractivity contribution in [2.75, 3.05) is 26.7 Å². The molecule has 2 heterocycles. The summed E-state index contributed by atoms with van der Waals surface area (Å²) in [5.74, 6) is 1.77. The molecule has 0 saturated carbocycles. The van der Waals surface area contributed by atoms with E-state index in [9.17, 15) is 0 Å². The normalized spacial score (nSPS) is 25.0. The molecule has 0 spiro atoms. The molecule has 0 aromatic carbocycles. The Balaban J connectivity index is 1.94. The molecule has 1 saturated heterocycles. The molecule has 3 nitrogen and oxygen atoms in total. The standard InChI is InChI=1S/C14H24N2O/c1-12(2)14(6-7-15-10-14)11-16(3)9-13-5-4-8-17-13/h4-5,8,12,15H,6-7,9-11H2,1-3H3. The van der Waals surface area contributed by atoms with Gasteiger partial charge in [0.15, 0.2) is 0 Å². The maximum absolute atomic E-state index is 5.40. The minimum atomic E-state index is 0.432. The smallest absolute Gasteiger partial charge is 0.117 e. The second-order valence-electron chi connectivity index (χ2n) is 5.70. The highest BCUT2D eigenvalue weighted by Gasteiger charge is 2.37. The third kappa shape index (κ3) is 2.90. The molecule has 0 radical (unpaired) electrons. The first-order chi connectivity index (χ1) is 8.12. The molecule has 17 heavy (non-hydrogen) atoms. The van der Waals surface area contributed by atoms with Crippen molar-refractivity contribution >= 4 is 0 Å². The molecule has 1 aromatic rings. The molecule has 1 aliphatic heterocycles. The Morgan fingerprint density at radius 2 is 2.35 bits per heavy atom. The van der Waals surface area contributed by atoms with Gasteiger partial charge >= 0.3 is 0 Å². The van der Waals surface area contributed by atoms with Gasteiger partial charge in [0, 0.05) is 13.1 Å². The van der Waals surface area contributed by atoms with E-state index in [1.54, 1.807) is 6.26 Å². The molecule has 1 unspecified atom stereocenters. The van der Waals surface area contributed by atoms with Gasteiger partial charge in [0.25, 0.3) is 0 Å². The predicted octanol–water partition coefficient (Wildman–Crippen LogP) is 2.35. The van der Waals surface area contributed by atoms with Crippen LogP contribution in [0.2, 0.25) is 0 Å². The monoisotopic (exact) mass is 236 g/mol. The van der Waals surface area contributed by atoms with Crippen molar-refractivity contribution in [3.8, 4) is 0 Å². The Morgan fingerprint density at radius 1 is 1.53 bits per heavy atom. The summed E-state index contributed by atoms with van der Waals surface area (Å²) in [6.45, 7) is 9.03. The number of hydrogen-bond donors (Lipinski definition) is 1. The van der Waals surface area contributed by atoms with E-state index in [2.05, 4.69) is 31.1 Å². The summed E-state index contributed by atoms with van der Waals surface area (Å²) in [6, 6.07) is 4.00. The zero-order valence-electron chi connectivity index (χ0n) is 11.2. The van der Waals surface area contributed by atoms with Gasteiger partial charge in [0.1, 0.15) is 5.76 Å². The summed E-state index contributed by atoms with van der Waals surface area (Å²) in [4.78, 5) is 2.38. The largest absolute Gasteiger partial charge is 0.468 e. The van der Waals surface area contributed by atoms with E-state index in [1.165, 1.54) is 6.42 Å². The average Bonchev–Trinajstić information content (AvgIpc) is 2.89. The van der Waals surface area contributed by atoms with Crippen LogP contribution in [0.5, 0.6) is 0 Å². The fourth-order valence-corrected chi connectivity index (χ4v) is 2.84. The third-order valence-corrected chi connectivity index (χ3v) is 4.09. The van der Waals surface area contributed by atoms with Crippen LogP contribution in [0, 0.1) is 11.3 Å². The van der Waals surface area contributed by atoms with E-state index in [1.807, 2.05) is 12.1 Å². The van der Waals surface area contributed by atoms with Crippen molar-refractivity contribution in [3.63, 3.8) is 0 Å². The fourth-order valence-electron chi connectivity index (χ4n) is 2.84. The Hall–Kier alpha value is -0.800. The van der Waals surface area contributed by atoms with Gasteiger partial charge in [-0.2, -0.15) is 0 Å². The fraction of sp³-hybridized carbons (Fsp3) is 0.714. The minimum absolute atomic E-state index is 0.432. The van der Waals surface area contributed by atoms with Gasteiger partial charge in [-0.1, -0.05) is 13.8 Å². The van der Waals surface area contributed by atoms with Crippen LogP contribution in [0.15, 0.2) is 22.8 Å². The van der Waals surface area contributed by atoms with Crippen LogP contribution in [0.3, 0.4) is 0 Å². The van der Waals surface area contributed by atoms with Crippen LogP contribution in [-0.4, -0.2) is 31.6 Å². The first-order valence-electron chi connectivity index (χ1n) is 6.54. The van der Waals surface area contributed by atoms with E-state index in [0.717, 1.165) is 37.9 Å². The molecule has 2 rings (SSSR count). The zero-order chi connectivity index (χ0) is 12.3. The van der Waals surface area contributed by atoms with Crippen LogP contribution < -0.4 is 5.32 Å². The number of nitrogens with zero attached hydrogens (tertiary/aromatic N) is 1. The van der Waals surface area contributed by atoms with Crippen LogP contribution in [0.1, 0.15) is 26.0 Å². The lowest BCUT2D eigenvalue weighted by Crippen LogP contribution is -2.40. The van der Waals surface area contributed by atoms with E-state index in [4.69, 9.17) is 4.42 Å². The summed E-state index contributed by atoms with van der Waals surface area (Å²) in [6.07, 6.45) is 3.03. The van der Waals surface area contributed by atoms with Crippen molar-refractivity contribution in [3.05, 3.63) is 24.2 Å². The van der Waals surface area contributed by atoms with Crippen molar-refractivity contribution in [2.24, 2.45) is 11.3 Å². The highest BCUT2D eigenvalue weighted by Crippen LogP contribution is 2.34. The molecule has 3 heteroatoms. The van der Waals surface area contributed by atoms with Crippen LogP contribution >= 0.6 is 0 Å². The second kappa shape index (κ2) is 5.23. The molecule has 1 aromatic heterocycles. The zero-order valence-corrected chi connectivity index (χ0v) is 11.2. The molecule has 96 valence electrons. The number of furan rings is 1. The number of hydrogen-bond acceptors (Lipinski definition) is 3. The highest BCUT2D eigenvalue weighted by atomic mass is 16.3. The summed E-state index contributed by atoms with van der Waals surface area (Å²) < 4.78 is 5.40. The van der Waals surface area contributed by atoms with Crippen molar-refractivity contribution < 1.29 is 4.42 Å². The quantitative estimate of drug-likeness (QED) is 0.850. The highest BCUT2D eigenvalue weighted by molar-refractivity contribution is 4.99. The topological polar surface area (TPSA) is 28.4 Å². The maximum Gasteiger partial charge on any atom is 0.117 e. The molecule has 1 N–H and O–H groups in total. The molecule has 0 bridgehead atoms. The number of nitrogens with one attached hydrogen (secondary N) is 1. The first kappa shape index (κ1) is 12.7. The van der Waals surface area contributed by atoms with Gasteiger partial charge in [-0.05, 0) is 43.5 Å². The van der Waals surface area contributed by atoms with Crippen LogP contribution in [0.25, 0.3) is 0 Å². The van der Waals surface area contributed by atoms with Gasteiger partial charge in [-0.15, -0.1) is 0 Å². The first-order valence-corrected chi connectivity index (χ1v) is 6.54. The lowest BCUT2D eigenvalue weighted by Gasteiger charge is -2.36. The van der Waals surface area contributed by atoms with Gasteiger partial charge in [0.2, 0.25) is 0 Å². The lowest BCUT2D eigenvalue weighted by atomic mass is 9.76. The summed E-state index contributed by atoms with van der Waals surface area (Å²) >= 11 is 0. The predicted molar refractivity (Wildman–Crippen MR) is 69.8 cm³/mol. The maximum atomic E-state index is 5.40. The van der Waals surface area contributed by atoms with Crippen LogP contribution in [-0.2, 0) is 6.54 Å². The Morgan fingerprint density at radius 3 is 2.88 bits per heavy atom. The Kier molecular flexibility index (Phi) is 3.89. The lowest BCUT2D eigenvalue weighted by molar-refractivity contribution is 0.127. The van der Waals surface area contributed by atoms with Crippen LogP contribution in [0.4, 0.5) is 0 Å². The van der Waals surface area contributed by atoms with Gasteiger partial charge in [-0.3, -0.25) is 4.90 Å². The minimum Gasteiger partial charge on any atom is -0.468 e. The van der Waals surface area contributed by atoms with Crippen molar-refractivity contribution in [2.45, 2.75) is 26.8 Å². The molecule has 0 amide bonds. The Labute approximate surface area is 104 Å². The molecule has 1 fully saturated rings. The van der Waals surface area contributed by atoms with Gasteiger partial charge in [0.05, 0.1) is 12.8 Å². The van der Waals surface area contributed by atoms with E-state index in [0.29, 0.717) is 5.41 Å². The molecule has 0 aliphatic carbocycles. The molecule has 1 atom stereocenters. The van der Waals surface area contributed by atoms with E-state index < -0.39 is 0 Å². The molecule has 1 aliphatic rings. The number of rotatable bonds is 5. The summed E-state index contributed by atoms with van der Waals surface area (Å²) in [5.41, 5.74) is 0.432. The van der Waals surface area contributed by atoms with Crippen molar-refractivity contribution in [1.82, 2.24) is 10.2 Å². The van der Waals surface area contributed by atoms with E-state index in [-0.39, 0.29) is 0 Å². The summed E-state index contributed by atoms with van der Waals surface area (Å²) in [5, 5.41) is 3.51.